The Morgan fingerprint density at radius 1 is 1.17 bits per heavy atom. The number of amides is 1. The molecule has 0 spiro atoms. The zero-order valence-electron chi connectivity index (χ0n) is 11.8. The average Bonchev–Trinajstić information content (AvgIpc) is 3.23. The van der Waals surface area contributed by atoms with Crippen molar-refractivity contribution in [3.8, 4) is 0 Å². The van der Waals surface area contributed by atoms with Gasteiger partial charge in [-0.3, -0.25) is 20.6 Å². The number of carbonyl (C=O) groups is 1. The Balaban J connectivity index is 1.70. The van der Waals surface area contributed by atoms with Crippen LogP contribution in [0.3, 0.4) is 0 Å². The number of hydrogen-bond donors (Lipinski definition) is 2. The largest absolute Gasteiger partial charge is 0.459 e. The minimum Gasteiger partial charge on any atom is -0.459 e. The van der Waals surface area contributed by atoms with E-state index in [2.05, 4.69) is 15.8 Å². The summed E-state index contributed by atoms with van der Waals surface area (Å²) in [5.74, 6) is -0.537. The predicted molar refractivity (Wildman–Crippen MR) is 82.5 cm³/mol. The van der Waals surface area contributed by atoms with Gasteiger partial charge in [-0.1, -0.05) is 6.07 Å². The molecule has 1 amide bonds. The molecule has 0 aliphatic rings. The van der Waals surface area contributed by atoms with Crippen LogP contribution in [-0.2, 0) is 0 Å². The Morgan fingerprint density at radius 3 is 2.91 bits per heavy atom. The van der Waals surface area contributed by atoms with Crippen LogP contribution in [0.1, 0.15) is 10.6 Å². The summed E-state index contributed by atoms with van der Waals surface area (Å²) < 4.78 is 20.4. The number of aromatic nitrogens is 2. The van der Waals surface area contributed by atoms with E-state index in [0.29, 0.717) is 16.7 Å². The fraction of sp³-hybridized carbons (Fsp3) is 0. The van der Waals surface area contributed by atoms with Crippen molar-refractivity contribution in [1.29, 1.82) is 0 Å². The molecule has 0 unspecified atom stereocenters. The van der Waals surface area contributed by atoms with Crippen molar-refractivity contribution in [1.82, 2.24) is 14.8 Å². The highest BCUT2D eigenvalue weighted by Gasteiger charge is 2.11. The zero-order valence-corrected chi connectivity index (χ0v) is 11.8. The standard InChI is InChI=1S/C16H11FN4O2/c17-10-6-7-21-12-4-1-3-11(15(12)18-9-13(10)21)19-20-16(22)14-5-2-8-23-14/h1-9,19H,(H,20,22). The molecule has 0 atom stereocenters. The van der Waals surface area contributed by atoms with E-state index in [1.54, 1.807) is 34.9 Å². The molecule has 2 N–H and O–H groups in total. The number of anilines is 1. The lowest BCUT2D eigenvalue weighted by molar-refractivity contribution is 0.0935. The third-order valence-electron chi connectivity index (χ3n) is 3.52. The van der Waals surface area contributed by atoms with Gasteiger partial charge >= 0.3 is 5.91 Å². The van der Waals surface area contributed by atoms with Crippen LogP contribution in [-0.4, -0.2) is 15.3 Å². The first kappa shape index (κ1) is 13.3. The number of rotatable bonds is 3. The van der Waals surface area contributed by atoms with Crippen LogP contribution in [0.25, 0.3) is 16.6 Å². The van der Waals surface area contributed by atoms with Crippen molar-refractivity contribution in [2.45, 2.75) is 0 Å². The van der Waals surface area contributed by atoms with E-state index in [-0.39, 0.29) is 11.6 Å². The number of carbonyl (C=O) groups excluding carboxylic acids is 1. The van der Waals surface area contributed by atoms with Crippen LogP contribution < -0.4 is 10.9 Å². The van der Waals surface area contributed by atoms with Gasteiger partial charge in [-0.15, -0.1) is 0 Å². The molecule has 3 aromatic heterocycles. The maximum atomic E-state index is 13.6. The van der Waals surface area contributed by atoms with Gasteiger partial charge in [0.25, 0.3) is 0 Å². The number of hydrogen-bond acceptors (Lipinski definition) is 4. The molecule has 7 heteroatoms. The highest BCUT2D eigenvalue weighted by molar-refractivity contribution is 5.94. The van der Waals surface area contributed by atoms with E-state index >= 15 is 0 Å². The molecule has 0 radical (unpaired) electrons. The maximum Gasteiger partial charge on any atom is 0.305 e. The highest BCUT2D eigenvalue weighted by atomic mass is 19.1. The normalized spacial score (nSPS) is 11.0. The van der Waals surface area contributed by atoms with Gasteiger partial charge in [0.2, 0.25) is 0 Å². The third kappa shape index (κ3) is 2.18. The molecule has 3 heterocycles. The van der Waals surface area contributed by atoms with Crippen LogP contribution in [0, 0.1) is 5.82 Å². The van der Waals surface area contributed by atoms with Crippen molar-refractivity contribution in [3.05, 3.63) is 66.6 Å². The fourth-order valence-corrected chi connectivity index (χ4v) is 2.44. The fourth-order valence-electron chi connectivity index (χ4n) is 2.44. The van der Waals surface area contributed by atoms with Gasteiger partial charge in [-0.25, -0.2) is 4.39 Å². The first-order valence-corrected chi connectivity index (χ1v) is 6.88. The molecule has 0 fully saturated rings. The molecule has 1 aromatic carbocycles. The van der Waals surface area contributed by atoms with Gasteiger partial charge < -0.3 is 8.82 Å². The SMILES string of the molecule is O=C(NNc1cccc2c1ncc1c(F)ccn12)c1ccco1. The van der Waals surface area contributed by atoms with Crippen molar-refractivity contribution >= 4 is 28.1 Å². The second kappa shape index (κ2) is 5.13. The summed E-state index contributed by atoms with van der Waals surface area (Å²) in [7, 11) is 0. The Morgan fingerprint density at radius 2 is 2.09 bits per heavy atom. The molecular weight excluding hydrogens is 299 g/mol. The lowest BCUT2D eigenvalue weighted by atomic mass is 10.2. The summed E-state index contributed by atoms with van der Waals surface area (Å²) in [5, 5.41) is 0. The van der Waals surface area contributed by atoms with Crippen LogP contribution in [0.4, 0.5) is 10.1 Å². The summed E-state index contributed by atoms with van der Waals surface area (Å²) in [6.45, 7) is 0. The smallest absolute Gasteiger partial charge is 0.305 e. The van der Waals surface area contributed by atoms with E-state index in [1.807, 2.05) is 6.07 Å². The number of hydrazine groups is 1. The summed E-state index contributed by atoms with van der Waals surface area (Å²) >= 11 is 0. The molecule has 0 aliphatic carbocycles. The van der Waals surface area contributed by atoms with Crippen molar-refractivity contribution < 1.29 is 13.6 Å². The summed E-state index contributed by atoms with van der Waals surface area (Å²) in [4.78, 5) is 16.2. The summed E-state index contributed by atoms with van der Waals surface area (Å²) in [6, 6.07) is 9.96. The Bertz CT molecular complexity index is 1010. The number of fused-ring (bicyclic) bond motifs is 3. The van der Waals surface area contributed by atoms with Crippen LogP contribution in [0.15, 0.2) is 59.5 Å². The van der Waals surface area contributed by atoms with Gasteiger partial charge in [0.1, 0.15) is 16.9 Å². The Hall–Kier alpha value is -3.35. The Kier molecular flexibility index (Phi) is 2.97. The van der Waals surface area contributed by atoms with Gasteiger partial charge in [-0.2, -0.15) is 0 Å². The molecule has 0 aliphatic heterocycles. The molecule has 4 aromatic rings. The topological polar surface area (TPSA) is 71.6 Å². The molecule has 0 saturated heterocycles. The molecular formula is C16H11FN4O2. The van der Waals surface area contributed by atoms with Crippen molar-refractivity contribution in [2.24, 2.45) is 0 Å². The molecule has 23 heavy (non-hydrogen) atoms. The molecule has 6 nitrogen and oxygen atoms in total. The minimum absolute atomic E-state index is 0.195. The van der Waals surface area contributed by atoms with E-state index in [4.69, 9.17) is 4.42 Å². The molecule has 114 valence electrons. The van der Waals surface area contributed by atoms with Gasteiger partial charge in [0, 0.05) is 6.20 Å². The first-order valence-electron chi connectivity index (χ1n) is 6.88. The second-order valence-electron chi connectivity index (χ2n) is 4.91. The average molecular weight is 310 g/mol. The quantitative estimate of drug-likeness (QED) is 0.571. The number of furan rings is 1. The van der Waals surface area contributed by atoms with E-state index in [1.165, 1.54) is 18.5 Å². The lowest BCUT2D eigenvalue weighted by Crippen LogP contribution is -2.29. The van der Waals surface area contributed by atoms with E-state index in [9.17, 15) is 9.18 Å². The van der Waals surface area contributed by atoms with Gasteiger partial charge in [0.05, 0.1) is 23.7 Å². The maximum absolute atomic E-state index is 13.6. The monoisotopic (exact) mass is 310 g/mol. The van der Waals surface area contributed by atoms with Crippen LogP contribution >= 0.6 is 0 Å². The molecule has 0 saturated carbocycles. The number of para-hydroxylation sites is 1. The predicted octanol–water partition coefficient (Wildman–Crippen LogP) is 2.98. The van der Waals surface area contributed by atoms with Gasteiger partial charge in [-0.05, 0) is 30.3 Å². The molecule has 0 bridgehead atoms. The van der Waals surface area contributed by atoms with Crippen molar-refractivity contribution in [2.75, 3.05) is 5.43 Å². The number of benzene rings is 1. The van der Waals surface area contributed by atoms with Crippen LogP contribution in [0.2, 0.25) is 0 Å². The third-order valence-corrected chi connectivity index (χ3v) is 3.52. The van der Waals surface area contributed by atoms with E-state index in [0.717, 1.165) is 5.52 Å². The second-order valence-corrected chi connectivity index (χ2v) is 4.91. The number of nitrogens with one attached hydrogen (secondary N) is 2. The number of nitrogens with zero attached hydrogens (tertiary/aromatic N) is 2. The lowest BCUT2D eigenvalue weighted by Gasteiger charge is -2.10. The summed E-state index contributed by atoms with van der Waals surface area (Å²) in [5.41, 5.74) is 7.68. The van der Waals surface area contributed by atoms with Crippen molar-refractivity contribution in [3.63, 3.8) is 0 Å². The molecule has 4 rings (SSSR count). The van der Waals surface area contributed by atoms with E-state index < -0.39 is 5.91 Å². The zero-order chi connectivity index (χ0) is 15.8. The Labute approximate surface area is 129 Å². The first-order chi connectivity index (χ1) is 11.2. The van der Waals surface area contributed by atoms with Crippen LogP contribution in [0.5, 0.6) is 0 Å². The highest BCUT2D eigenvalue weighted by Crippen LogP contribution is 2.23. The summed E-state index contributed by atoms with van der Waals surface area (Å²) in [6.07, 6.45) is 4.52. The van der Waals surface area contributed by atoms with Gasteiger partial charge in [0.15, 0.2) is 5.76 Å². The minimum atomic E-state index is -0.403. The number of halogens is 1.